The Morgan fingerprint density at radius 1 is 1.43 bits per heavy atom. The van der Waals surface area contributed by atoms with E-state index >= 15 is 0 Å². The molecule has 21 heavy (non-hydrogen) atoms. The van der Waals surface area contributed by atoms with Crippen LogP contribution in [0.3, 0.4) is 0 Å². The van der Waals surface area contributed by atoms with Crippen LogP contribution in [0.2, 0.25) is 0 Å². The molecule has 0 unspecified atom stereocenters. The van der Waals surface area contributed by atoms with E-state index < -0.39 is 16.2 Å². The maximum atomic E-state index is 12.1. The molecule has 0 spiro atoms. The number of carbonyl (C=O) groups is 1. The van der Waals surface area contributed by atoms with Crippen LogP contribution in [0.4, 0.5) is 5.00 Å². The Hall–Kier alpha value is -1.12. The number of carbonyl (C=O) groups excluding carboxylic acids is 1. The molecular weight excluding hydrogens is 312 g/mol. The summed E-state index contributed by atoms with van der Waals surface area (Å²) in [6.07, 6.45) is 1.72. The Labute approximate surface area is 130 Å². The summed E-state index contributed by atoms with van der Waals surface area (Å²) in [4.78, 5) is 12.1. The molecule has 0 atom stereocenters. The fourth-order valence-corrected chi connectivity index (χ4v) is 3.78. The van der Waals surface area contributed by atoms with E-state index in [2.05, 4.69) is 4.72 Å². The smallest absolute Gasteiger partial charge is 0.348 e. The van der Waals surface area contributed by atoms with Crippen molar-refractivity contribution in [2.45, 2.75) is 33.6 Å². The van der Waals surface area contributed by atoms with Gasteiger partial charge in [-0.25, -0.2) is 4.79 Å². The number of hydrogen-bond donors (Lipinski definition) is 1. The third-order valence-corrected chi connectivity index (χ3v) is 5.59. The van der Waals surface area contributed by atoms with Crippen LogP contribution in [-0.2, 0) is 14.9 Å². The highest BCUT2D eigenvalue weighted by atomic mass is 32.2. The first-order valence-corrected chi connectivity index (χ1v) is 9.09. The maximum Gasteiger partial charge on any atom is 0.348 e. The van der Waals surface area contributed by atoms with Gasteiger partial charge in [-0.2, -0.15) is 12.7 Å². The molecule has 1 aromatic heterocycles. The molecule has 0 fully saturated rings. The average Bonchev–Trinajstić information content (AvgIpc) is 2.76. The number of esters is 1. The number of rotatable bonds is 8. The van der Waals surface area contributed by atoms with Gasteiger partial charge in [0.1, 0.15) is 9.88 Å². The van der Waals surface area contributed by atoms with Gasteiger partial charge in [-0.1, -0.05) is 13.3 Å². The van der Waals surface area contributed by atoms with Gasteiger partial charge in [0.25, 0.3) is 0 Å². The molecule has 1 heterocycles. The van der Waals surface area contributed by atoms with E-state index in [0.29, 0.717) is 22.0 Å². The van der Waals surface area contributed by atoms with Crippen molar-refractivity contribution in [3.63, 3.8) is 0 Å². The first-order chi connectivity index (χ1) is 9.81. The SMILES string of the molecule is CCCCN(C)S(=O)(=O)Nc1cc(C)c(C(=O)OCC)s1. The zero-order valence-corrected chi connectivity index (χ0v) is 14.4. The Morgan fingerprint density at radius 3 is 2.67 bits per heavy atom. The van der Waals surface area contributed by atoms with Gasteiger partial charge in [0.05, 0.1) is 6.61 Å². The summed E-state index contributed by atoms with van der Waals surface area (Å²) >= 11 is 1.08. The van der Waals surface area contributed by atoms with Crippen molar-refractivity contribution < 1.29 is 17.9 Å². The number of nitrogens with zero attached hydrogens (tertiary/aromatic N) is 1. The minimum Gasteiger partial charge on any atom is -0.462 e. The first-order valence-electron chi connectivity index (χ1n) is 6.83. The van der Waals surface area contributed by atoms with E-state index in [-0.39, 0.29) is 6.61 Å². The summed E-state index contributed by atoms with van der Waals surface area (Å²) < 4.78 is 33.0. The number of unbranched alkanes of at least 4 members (excludes halogenated alkanes) is 1. The van der Waals surface area contributed by atoms with Gasteiger partial charge in [0, 0.05) is 13.6 Å². The lowest BCUT2D eigenvalue weighted by molar-refractivity contribution is 0.0531. The van der Waals surface area contributed by atoms with Crippen LogP contribution >= 0.6 is 11.3 Å². The third-order valence-electron chi connectivity index (χ3n) is 2.85. The van der Waals surface area contributed by atoms with Crippen LogP contribution < -0.4 is 4.72 Å². The zero-order chi connectivity index (χ0) is 16.0. The van der Waals surface area contributed by atoms with Crippen molar-refractivity contribution in [2.24, 2.45) is 0 Å². The second-order valence-electron chi connectivity index (χ2n) is 4.63. The Kier molecular flexibility index (Phi) is 6.63. The molecule has 0 aliphatic rings. The summed E-state index contributed by atoms with van der Waals surface area (Å²) in [7, 11) is -2.05. The summed E-state index contributed by atoms with van der Waals surface area (Å²) in [6, 6.07) is 1.64. The molecule has 8 heteroatoms. The van der Waals surface area contributed by atoms with Crippen LogP contribution in [0.1, 0.15) is 41.9 Å². The molecule has 0 saturated carbocycles. The van der Waals surface area contributed by atoms with Gasteiger partial charge in [0.2, 0.25) is 0 Å². The summed E-state index contributed by atoms with van der Waals surface area (Å²) in [5.74, 6) is -0.426. The topological polar surface area (TPSA) is 75.7 Å². The molecule has 0 bridgehead atoms. The van der Waals surface area contributed by atoms with Crippen molar-refractivity contribution in [2.75, 3.05) is 24.9 Å². The van der Waals surface area contributed by atoms with E-state index in [1.165, 1.54) is 11.4 Å². The Balaban J connectivity index is 2.84. The van der Waals surface area contributed by atoms with Crippen LogP contribution in [0.25, 0.3) is 0 Å². The molecule has 1 N–H and O–H groups in total. The lowest BCUT2D eigenvalue weighted by Crippen LogP contribution is -2.33. The minimum absolute atomic E-state index is 0.289. The van der Waals surface area contributed by atoms with E-state index in [1.807, 2.05) is 6.92 Å². The number of hydrogen-bond acceptors (Lipinski definition) is 5. The fraction of sp³-hybridized carbons (Fsp3) is 0.615. The molecule has 0 radical (unpaired) electrons. The van der Waals surface area contributed by atoms with Gasteiger partial charge in [-0.05, 0) is 31.9 Å². The standard InChI is InChI=1S/C13H22N2O4S2/c1-5-7-8-15(4)21(17,18)14-11-9-10(3)12(20-11)13(16)19-6-2/h9,14H,5-8H2,1-4H3. The summed E-state index contributed by atoms with van der Waals surface area (Å²) in [6.45, 7) is 6.23. The van der Waals surface area contributed by atoms with Gasteiger partial charge in [0.15, 0.2) is 0 Å². The molecule has 0 saturated heterocycles. The zero-order valence-electron chi connectivity index (χ0n) is 12.8. The molecular formula is C13H22N2O4S2. The number of anilines is 1. The Bertz CT molecular complexity index is 581. The second-order valence-corrected chi connectivity index (χ2v) is 7.46. The van der Waals surface area contributed by atoms with Gasteiger partial charge in [-0.15, -0.1) is 11.3 Å². The maximum absolute atomic E-state index is 12.1. The van der Waals surface area contributed by atoms with Crippen molar-refractivity contribution in [1.29, 1.82) is 0 Å². The predicted molar refractivity (Wildman–Crippen MR) is 85.1 cm³/mol. The van der Waals surface area contributed by atoms with Crippen molar-refractivity contribution >= 4 is 32.5 Å². The van der Waals surface area contributed by atoms with E-state index in [1.54, 1.807) is 19.9 Å². The summed E-state index contributed by atoms with van der Waals surface area (Å²) in [5, 5.41) is 0.416. The molecule has 1 aromatic rings. The summed E-state index contributed by atoms with van der Waals surface area (Å²) in [5.41, 5.74) is 0.701. The van der Waals surface area contributed by atoms with E-state index in [9.17, 15) is 13.2 Å². The number of nitrogens with one attached hydrogen (secondary N) is 1. The number of ether oxygens (including phenoxy) is 1. The third kappa shape index (κ3) is 4.98. The number of aryl methyl sites for hydroxylation is 1. The number of thiophene rings is 1. The highest BCUT2D eigenvalue weighted by molar-refractivity contribution is 7.90. The normalized spacial score (nSPS) is 11.7. The lowest BCUT2D eigenvalue weighted by Gasteiger charge is -2.16. The first kappa shape index (κ1) is 17.9. The molecule has 0 amide bonds. The minimum atomic E-state index is -3.59. The van der Waals surface area contributed by atoms with E-state index in [4.69, 9.17) is 4.74 Å². The van der Waals surface area contributed by atoms with Crippen molar-refractivity contribution in [1.82, 2.24) is 4.31 Å². The molecule has 0 aliphatic carbocycles. The highest BCUT2D eigenvalue weighted by Crippen LogP contribution is 2.28. The van der Waals surface area contributed by atoms with Crippen LogP contribution in [0.15, 0.2) is 6.07 Å². The van der Waals surface area contributed by atoms with Gasteiger partial charge in [-0.3, -0.25) is 4.72 Å². The average molecular weight is 334 g/mol. The van der Waals surface area contributed by atoms with Gasteiger partial charge < -0.3 is 4.74 Å². The second kappa shape index (κ2) is 7.77. The quantitative estimate of drug-likeness (QED) is 0.742. The fourth-order valence-electron chi connectivity index (χ4n) is 1.64. The monoisotopic (exact) mass is 334 g/mol. The van der Waals surface area contributed by atoms with E-state index in [0.717, 1.165) is 24.2 Å². The van der Waals surface area contributed by atoms with Gasteiger partial charge >= 0.3 is 16.2 Å². The molecule has 1 rings (SSSR count). The van der Waals surface area contributed by atoms with Crippen molar-refractivity contribution in [3.8, 4) is 0 Å². The highest BCUT2D eigenvalue weighted by Gasteiger charge is 2.20. The largest absolute Gasteiger partial charge is 0.462 e. The van der Waals surface area contributed by atoms with Crippen LogP contribution in [-0.4, -0.2) is 38.9 Å². The molecule has 0 aliphatic heterocycles. The van der Waals surface area contributed by atoms with Crippen LogP contribution in [0.5, 0.6) is 0 Å². The Morgan fingerprint density at radius 2 is 2.10 bits per heavy atom. The molecule has 120 valence electrons. The molecule has 6 nitrogen and oxygen atoms in total. The van der Waals surface area contributed by atoms with Crippen molar-refractivity contribution in [3.05, 3.63) is 16.5 Å². The van der Waals surface area contributed by atoms with Crippen LogP contribution in [0, 0.1) is 6.92 Å². The predicted octanol–water partition coefficient (Wildman–Crippen LogP) is 2.62. The molecule has 0 aromatic carbocycles. The lowest BCUT2D eigenvalue weighted by atomic mass is 10.3.